The molecule has 3 nitrogen and oxygen atoms in total. The summed E-state index contributed by atoms with van der Waals surface area (Å²) >= 11 is 0. The first-order valence-corrected chi connectivity index (χ1v) is 3.65. The minimum atomic E-state index is -1.08. The van der Waals surface area contributed by atoms with Crippen LogP contribution in [0.2, 0.25) is 0 Å². The average Bonchev–Trinajstić information content (AvgIpc) is 2.06. The van der Waals surface area contributed by atoms with Crippen molar-refractivity contribution in [1.82, 2.24) is 0 Å². The number of benzene rings is 1. The molecule has 0 fully saturated rings. The van der Waals surface area contributed by atoms with Crippen molar-refractivity contribution < 1.29 is 14.6 Å². The quantitative estimate of drug-likeness (QED) is 0.526. The first kappa shape index (κ1) is 8.74. The van der Waals surface area contributed by atoms with Crippen molar-refractivity contribution in [3.8, 4) is 5.75 Å². The predicted octanol–water partition coefficient (Wildman–Crippen LogP) is 0.973. The van der Waals surface area contributed by atoms with Gasteiger partial charge in [-0.05, 0) is 19.1 Å². The highest BCUT2D eigenvalue weighted by atomic mass is 16.5. The lowest BCUT2D eigenvalue weighted by atomic mass is 10.3. The van der Waals surface area contributed by atoms with Crippen LogP contribution >= 0.6 is 0 Å². The van der Waals surface area contributed by atoms with Gasteiger partial charge >= 0.3 is 5.97 Å². The lowest BCUT2D eigenvalue weighted by Gasteiger charge is -2.04. The van der Waals surface area contributed by atoms with E-state index in [9.17, 15) is 4.79 Å². The second-order valence-electron chi connectivity index (χ2n) is 2.41. The number of para-hydroxylation sites is 1. The summed E-state index contributed by atoms with van der Waals surface area (Å²) in [5.41, 5.74) is 0. The van der Waals surface area contributed by atoms with Crippen LogP contribution in [0.25, 0.3) is 0 Å². The van der Waals surface area contributed by atoms with Gasteiger partial charge in [-0.1, -0.05) is 18.2 Å². The third-order valence-electron chi connectivity index (χ3n) is 1.30. The molecular weight excluding hydrogens is 156 g/mol. The molecule has 1 N–H and O–H groups in total. The maximum absolute atomic E-state index is 10.8. The van der Waals surface area contributed by atoms with Gasteiger partial charge in [0.2, 0.25) is 0 Å². The summed E-state index contributed by atoms with van der Waals surface area (Å²) in [7, 11) is 0. The Kier molecular flexibility index (Phi) is 2.82. The molecule has 0 aliphatic carbocycles. The first-order chi connectivity index (χ1) is 5.70. The second kappa shape index (κ2) is 3.88. The van der Waals surface area contributed by atoms with Crippen molar-refractivity contribution in [2.24, 2.45) is 0 Å². The molecule has 1 aromatic carbocycles. The first-order valence-electron chi connectivity index (χ1n) is 3.65. The van der Waals surface area contributed by atoms with Crippen LogP contribution in [0.1, 0.15) is 6.92 Å². The minimum Gasteiger partial charge on any atom is -0.425 e. The van der Waals surface area contributed by atoms with Crippen LogP contribution in [0.15, 0.2) is 30.3 Å². The van der Waals surface area contributed by atoms with Crippen LogP contribution in [0.4, 0.5) is 0 Å². The van der Waals surface area contributed by atoms with Gasteiger partial charge < -0.3 is 9.84 Å². The normalized spacial score (nSPS) is 12.2. The third kappa shape index (κ3) is 2.36. The predicted molar refractivity (Wildman–Crippen MR) is 43.8 cm³/mol. The van der Waals surface area contributed by atoms with Crippen molar-refractivity contribution >= 4 is 5.97 Å². The van der Waals surface area contributed by atoms with E-state index in [4.69, 9.17) is 9.84 Å². The molecule has 0 bridgehead atoms. The lowest BCUT2D eigenvalue weighted by Crippen LogP contribution is -2.21. The monoisotopic (exact) mass is 166 g/mol. The van der Waals surface area contributed by atoms with Gasteiger partial charge in [0.05, 0.1) is 0 Å². The molecule has 0 saturated heterocycles. The summed E-state index contributed by atoms with van der Waals surface area (Å²) in [6, 6.07) is 8.63. The molecule has 0 spiro atoms. The van der Waals surface area contributed by atoms with Crippen LogP contribution in [0.3, 0.4) is 0 Å². The SMILES string of the molecule is C[C@@H](O)C(=O)Oc1ccccc1. The molecule has 1 rings (SSSR count). The lowest BCUT2D eigenvalue weighted by molar-refractivity contribution is -0.142. The fraction of sp³-hybridized carbons (Fsp3) is 0.222. The Labute approximate surface area is 70.6 Å². The number of hydrogen-bond donors (Lipinski definition) is 1. The van der Waals surface area contributed by atoms with Crippen LogP contribution in [0.5, 0.6) is 5.75 Å². The van der Waals surface area contributed by atoms with Crippen LogP contribution in [-0.4, -0.2) is 17.2 Å². The molecule has 64 valence electrons. The number of aliphatic hydroxyl groups is 1. The van der Waals surface area contributed by atoms with Gasteiger partial charge in [-0.15, -0.1) is 0 Å². The van der Waals surface area contributed by atoms with E-state index in [1.54, 1.807) is 24.3 Å². The maximum atomic E-state index is 10.8. The molecule has 0 aromatic heterocycles. The Bertz CT molecular complexity index is 254. The number of rotatable bonds is 2. The summed E-state index contributed by atoms with van der Waals surface area (Å²) in [6.45, 7) is 1.37. The van der Waals surface area contributed by atoms with Gasteiger partial charge in [0.25, 0.3) is 0 Å². The van der Waals surface area contributed by atoms with Crippen molar-refractivity contribution in [1.29, 1.82) is 0 Å². The van der Waals surface area contributed by atoms with Gasteiger partial charge in [0.1, 0.15) is 11.9 Å². The zero-order valence-corrected chi connectivity index (χ0v) is 6.73. The summed E-state index contributed by atoms with van der Waals surface area (Å²) < 4.78 is 4.79. The average molecular weight is 166 g/mol. The third-order valence-corrected chi connectivity index (χ3v) is 1.30. The summed E-state index contributed by atoms with van der Waals surface area (Å²) in [5, 5.41) is 8.81. The van der Waals surface area contributed by atoms with E-state index in [1.165, 1.54) is 6.92 Å². The van der Waals surface area contributed by atoms with Crippen LogP contribution in [0, 0.1) is 0 Å². The number of hydrogen-bond acceptors (Lipinski definition) is 3. The Balaban J connectivity index is 2.59. The van der Waals surface area contributed by atoms with E-state index in [1.807, 2.05) is 6.07 Å². The summed E-state index contributed by atoms with van der Waals surface area (Å²) in [5.74, 6) is -0.190. The van der Waals surface area contributed by atoms with Crippen LogP contribution < -0.4 is 4.74 Å². The summed E-state index contributed by atoms with van der Waals surface area (Å²) in [6.07, 6.45) is -1.08. The van der Waals surface area contributed by atoms with Crippen molar-refractivity contribution in [3.63, 3.8) is 0 Å². The van der Waals surface area contributed by atoms with Gasteiger partial charge in [-0.25, -0.2) is 4.79 Å². The molecule has 1 atom stereocenters. The molecule has 0 radical (unpaired) electrons. The number of esters is 1. The maximum Gasteiger partial charge on any atom is 0.340 e. The highest BCUT2D eigenvalue weighted by Crippen LogP contribution is 2.08. The molecule has 0 heterocycles. The molecule has 0 saturated carbocycles. The molecule has 1 aromatic rings. The standard InChI is InChI=1S/C9H10O3/c1-7(10)9(11)12-8-5-3-2-4-6-8/h2-7,10H,1H3/t7-/m1/s1. The van der Waals surface area contributed by atoms with Gasteiger partial charge in [-0.3, -0.25) is 0 Å². The van der Waals surface area contributed by atoms with Crippen molar-refractivity contribution in [2.75, 3.05) is 0 Å². The van der Waals surface area contributed by atoms with Gasteiger partial charge in [0, 0.05) is 0 Å². The van der Waals surface area contributed by atoms with Gasteiger partial charge in [0.15, 0.2) is 0 Å². The second-order valence-corrected chi connectivity index (χ2v) is 2.41. The number of carbonyl (C=O) groups is 1. The van der Waals surface area contributed by atoms with Crippen molar-refractivity contribution in [3.05, 3.63) is 30.3 Å². The Morgan fingerprint density at radius 1 is 1.42 bits per heavy atom. The molecule has 0 unspecified atom stereocenters. The van der Waals surface area contributed by atoms with E-state index in [0.29, 0.717) is 5.75 Å². The highest BCUT2D eigenvalue weighted by Gasteiger charge is 2.10. The Morgan fingerprint density at radius 3 is 2.50 bits per heavy atom. The topological polar surface area (TPSA) is 46.5 Å². The summed E-state index contributed by atoms with van der Waals surface area (Å²) in [4.78, 5) is 10.8. The zero-order valence-electron chi connectivity index (χ0n) is 6.73. The fourth-order valence-corrected chi connectivity index (χ4v) is 0.690. The van der Waals surface area contributed by atoms with E-state index in [2.05, 4.69) is 0 Å². The van der Waals surface area contributed by atoms with Gasteiger partial charge in [-0.2, -0.15) is 0 Å². The Hall–Kier alpha value is -1.35. The van der Waals surface area contributed by atoms with E-state index < -0.39 is 12.1 Å². The molecule has 12 heavy (non-hydrogen) atoms. The van der Waals surface area contributed by atoms with Crippen LogP contribution in [-0.2, 0) is 4.79 Å². The number of carbonyl (C=O) groups excluding carboxylic acids is 1. The molecule has 0 aliphatic heterocycles. The molecule has 3 heteroatoms. The molecule has 0 aliphatic rings. The van der Waals surface area contributed by atoms with E-state index in [0.717, 1.165) is 0 Å². The molecule has 0 amide bonds. The fourth-order valence-electron chi connectivity index (χ4n) is 0.690. The zero-order chi connectivity index (χ0) is 8.97. The molecular formula is C9H10O3. The van der Waals surface area contributed by atoms with E-state index >= 15 is 0 Å². The largest absolute Gasteiger partial charge is 0.425 e. The number of ether oxygens (including phenoxy) is 1. The Morgan fingerprint density at radius 2 is 2.00 bits per heavy atom. The minimum absolute atomic E-state index is 0.448. The highest BCUT2D eigenvalue weighted by molar-refractivity contribution is 5.76. The smallest absolute Gasteiger partial charge is 0.340 e. The number of aliphatic hydroxyl groups excluding tert-OH is 1. The van der Waals surface area contributed by atoms with Crippen molar-refractivity contribution in [2.45, 2.75) is 13.0 Å². The van der Waals surface area contributed by atoms with E-state index in [-0.39, 0.29) is 0 Å².